The molecule has 422 valence electrons. The summed E-state index contributed by atoms with van der Waals surface area (Å²) in [7, 11) is 0. The molecule has 0 saturated carbocycles. The van der Waals surface area contributed by atoms with Crippen LogP contribution in [0.25, 0.3) is 0 Å². The number of carbonyl (C=O) groups is 1. The van der Waals surface area contributed by atoms with E-state index < -0.39 is 99.4 Å². The summed E-state index contributed by atoms with van der Waals surface area (Å²) in [5, 5.41) is 88.0. The molecule has 0 aromatic carbocycles. The second-order valence-electron chi connectivity index (χ2n) is 21.4. The zero-order valence-electron chi connectivity index (χ0n) is 45.0. The fourth-order valence-electron chi connectivity index (χ4n) is 10.1. The van der Waals surface area contributed by atoms with Gasteiger partial charge >= 0.3 is 0 Å². The second kappa shape index (κ2) is 43.1. The summed E-state index contributed by atoms with van der Waals surface area (Å²) in [4.78, 5) is 13.3. The second-order valence-corrected chi connectivity index (χ2v) is 21.4. The van der Waals surface area contributed by atoms with Gasteiger partial charge in [-0.3, -0.25) is 4.79 Å². The number of ether oxygens (including phenoxy) is 4. The van der Waals surface area contributed by atoms with E-state index in [9.17, 15) is 45.6 Å². The molecule has 0 aromatic rings. The Labute approximate surface area is 431 Å². The lowest BCUT2D eigenvalue weighted by Gasteiger charge is -2.46. The van der Waals surface area contributed by atoms with Crippen LogP contribution in [-0.2, 0) is 23.7 Å². The normalized spacial score (nSPS) is 26.1. The van der Waals surface area contributed by atoms with Crippen LogP contribution in [-0.4, -0.2) is 146 Å². The van der Waals surface area contributed by atoms with Gasteiger partial charge in [0.25, 0.3) is 0 Å². The van der Waals surface area contributed by atoms with Crippen LogP contribution in [0.3, 0.4) is 0 Å². The first-order chi connectivity index (χ1) is 34.5. The van der Waals surface area contributed by atoms with Gasteiger partial charge in [0.05, 0.1) is 38.0 Å². The molecular formula is C56H110N2O13. The molecule has 2 aliphatic heterocycles. The van der Waals surface area contributed by atoms with Gasteiger partial charge in [-0.1, -0.05) is 232 Å². The minimum atomic E-state index is -1.75. The molecular weight excluding hydrogens is 909 g/mol. The standard InChI is InChI=1S/C56H110N2O13/c1-3-5-7-9-11-13-15-17-18-19-20-21-22-23-24-25-26-27-29-31-33-35-37-39-47(62)58-43(49(63)44(61)38-36-34-32-30-28-16-14-12-10-8-6-4-2)42-68-56-53(67)52(66)54(46(41-60)70-56)71-55-48(57)51(65)50(64)45(40-59)69-55/h43-46,48-56,59-61,63-67H,3-42,57H2,1-2H3,(H,58,62)/t43-,44+,45+,46+,48+,49-,50+,51+,52+,53+,54-,55+,56-/m0/s1. The third-order valence-electron chi connectivity index (χ3n) is 15.0. The molecule has 15 nitrogen and oxygen atoms in total. The fraction of sp³-hybridized carbons (Fsp3) is 0.982. The average molecular weight is 1020 g/mol. The number of nitrogens with one attached hydrogen (secondary N) is 1. The summed E-state index contributed by atoms with van der Waals surface area (Å²) in [5.74, 6) is -0.303. The number of rotatable bonds is 47. The van der Waals surface area contributed by atoms with Gasteiger partial charge in [-0.2, -0.15) is 0 Å². The third-order valence-corrected chi connectivity index (χ3v) is 15.0. The highest BCUT2D eigenvalue weighted by atomic mass is 16.7. The Morgan fingerprint density at radius 1 is 0.507 bits per heavy atom. The summed E-state index contributed by atoms with van der Waals surface area (Å²) < 4.78 is 23.0. The highest BCUT2D eigenvalue weighted by Gasteiger charge is 2.50. The molecule has 11 N–H and O–H groups in total. The van der Waals surface area contributed by atoms with Crippen LogP contribution in [0.1, 0.15) is 251 Å². The van der Waals surface area contributed by atoms with Crippen LogP contribution in [0.15, 0.2) is 0 Å². The number of nitrogens with two attached hydrogens (primary N) is 1. The van der Waals surface area contributed by atoms with E-state index in [1.807, 2.05) is 0 Å². The lowest BCUT2D eigenvalue weighted by atomic mass is 9.96. The molecule has 13 atom stereocenters. The predicted molar refractivity (Wildman–Crippen MR) is 280 cm³/mol. The molecule has 0 aromatic heterocycles. The molecule has 2 saturated heterocycles. The summed E-state index contributed by atoms with van der Waals surface area (Å²) in [6.07, 6.45) is 28.1. The molecule has 15 heteroatoms. The lowest BCUT2D eigenvalue weighted by Crippen LogP contribution is -2.66. The van der Waals surface area contributed by atoms with Gasteiger partial charge in [0.2, 0.25) is 5.91 Å². The van der Waals surface area contributed by atoms with Crippen LogP contribution in [0.5, 0.6) is 0 Å². The van der Waals surface area contributed by atoms with Gasteiger partial charge in [0.1, 0.15) is 48.8 Å². The molecule has 2 heterocycles. The number of amides is 1. The molecule has 2 rings (SSSR count). The molecule has 0 bridgehead atoms. The first kappa shape index (κ1) is 66.1. The first-order valence-corrected chi connectivity index (χ1v) is 29.4. The molecule has 0 spiro atoms. The van der Waals surface area contributed by atoms with E-state index in [0.29, 0.717) is 19.3 Å². The largest absolute Gasteiger partial charge is 0.394 e. The van der Waals surface area contributed by atoms with E-state index in [-0.39, 0.29) is 12.3 Å². The Bertz CT molecular complexity index is 1220. The summed E-state index contributed by atoms with van der Waals surface area (Å²) in [6.45, 7) is 2.75. The molecule has 2 aliphatic rings. The number of aliphatic hydroxyl groups excluding tert-OH is 8. The van der Waals surface area contributed by atoms with Crippen LogP contribution in [0.4, 0.5) is 0 Å². The lowest BCUT2D eigenvalue weighted by molar-refractivity contribution is -0.346. The SMILES string of the molecule is CCCCCCCCCCCCCCCCCCCCCCCCCC(=O)N[C@@H](CO[C@H]1O[C@H](CO)[C@H](O[C@H]2O[C@H](CO)[C@@H](O)[C@H](O)[C@H]2N)[C@H](O)[C@H]1O)[C@H](O)[C@H](O)CCCCCCCCCCCCCC. The predicted octanol–water partition coefficient (Wildman–Crippen LogP) is 8.27. The number of aliphatic hydroxyl groups is 8. The smallest absolute Gasteiger partial charge is 0.220 e. The Morgan fingerprint density at radius 2 is 0.887 bits per heavy atom. The van der Waals surface area contributed by atoms with E-state index in [2.05, 4.69) is 19.2 Å². The zero-order chi connectivity index (χ0) is 51.9. The Morgan fingerprint density at radius 3 is 1.30 bits per heavy atom. The minimum Gasteiger partial charge on any atom is -0.394 e. The van der Waals surface area contributed by atoms with E-state index >= 15 is 0 Å². The Balaban J connectivity index is 1.76. The van der Waals surface area contributed by atoms with Crippen LogP contribution >= 0.6 is 0 Å². The monoisotopic (exact) mass is 1020 g/mol. The van der Waals surface area contributed by atoms with Crippen molar-refractivity contribution >= 4 is 5.91 Å². The highest BCUT2D eigenvalue weighted by Crippen LogP contribution is 2.30. The van der Waals surface area contributed by atoms with Crippen molar-refractivity contribution in [1.82, 2.24) is 5.32 Å². The number of unbranched alkanes of at least 4 members (excludes halogenated alkanes) is 33. The Hall–Kier alpha value is -1.05. The van der Waals surface area contributed by atoms with E-state index in [1.54, 1.807) is 0 Å². The highest BCUT2D eigenvalue weighted by molar-refractivity contribution is 5.76. The van der Waals surface area contributed by atoms with Crippen LogP contribution in [0.2, 0.25) is 0 Å². The fourth-order valence-corrected chi connectivity index (χ4v) is 10.1. The van der Waals surface area contributed by atoms with Crippen molar-refractivity contribution in [2.45, 2.75) is 331 Å². The summed E-state index contributed by atoms with van der Waals surface area (Å²) in [5.41, 5.74) is 6.02. The van der Waals surface area contributed by atoms with Gasteiger partial charge in [0, 0.05) is 6.42 Å². The molecule has 0 radical (unpaired) electrons. The minimum absolute atomic E-state index is 0.234. The van der Waals surface area contributed by atoms with Gasteiger partial charge < -0.3 is 70.9 Å². The summed E-state index contributed by atoms with van der Waals surface area (Å²) >= 11 is 0. The quantitative estimate of drug-likeness (QED) is 0.0258. The maximum atomic E-state index is 13.3. The van der Waals surface area contributed by atoms with Gasteiger partial charge in [0.15, 0.2) is 12.6 Å². The topological polar surface area (TPSA) is 254 Å². The van der Waals surface area contributed by atoms with Crippen molar-refractivity contribution in [3.63, 3.8) is 0 Å². The first-order valence-electron chi connectivity index (χ1n) is 29.4. The van der Waals surface area contributed by atoms with Crippen molar-refractivity contribution < 1.29 is 64.6 Å². The maximum Gasteiger partial charge on any atom is 0.220 e. The molecule has 71 heavy (non-hydrogen) atoms. The average Bonchev–Trinajstić information content (AvgIpc) is 3.37. The molecule has 0 unspecified atom stereocenters. The van der Waals surface area contributed by atoms with E-state index in [1.165, 1.54) is 173 Å². The summed E-state index contributed by atoms with van der Waals surface area (Å²) in [6, 6.07) is -2.38. The van der Waals surface area contributed by atoms with E-state index in [0.717, 1.165) is 38.5 Å². The number of hydrogen-bond donors (Lipinski definition) is 10. The Kier molecular flexibility index (Phi) is 40.1. The number of hydrogen-bond acceptors (Lipinski definition) is 14. The molecule has 0 aliphatic carbocycles. The van der Waals surface area contributed by atoms with Crippen molar-refractivity contribution in [3.8, 4) is 0 Å². The van der Waals surface area contributed by atoms with Gasteiger partial charge in [-0.15, -0.1) is 0 Å². The third kappa shape index (κ3) is 29.2. The van der Waals surface area contributed by atoms with Gasteiger partial charge in [-0.25, -0.2) is 0 Å². The maximum absolute atomic E-state index is 13.3. The van der Waals surface area contributed by atoms with Crippen molar-refractivity contribution in [3.05, 3.63) is 0 Å². The number of carbonyl (C=O) groups excluding carboxylic acids is 1. The van der Waals surface area contributed by atoms with Gasteiger partial charge in [-0.05, 0) is 12.8 Å². The van der Waals surface area contributed by atoms with Crippen molar-refractivity contribution in [1.29, 1.82) is 0 Å². The molecule has 1 amide bonds. The van der Waals surface area contributed by atoms with Crippen LogP contribution in [0, 0.1) is 0 Å². The van der Waals surface area contributed by atoms with Crippen molar-refractivity contribution in [2.24, 2.45) is 5.73 Å². The molecule has 2 fully saturated rings. The van der Waals surface area contributed by atoms with E-state index in [4.69, 9.17) is 24.7 Å². The van der Waals surface area contributed by atoms with Crippen LogP contribution < -0.4 is 11.1 Å². The zero-order valence-corrected chi connectivity index (χ0v) is 45.0. The van der Waals surface area contributed by atoms with Crippen molar-refractivity contribution in [2.75, 3.05) is 19.8 Å².